The van der Waals surface area contributed by atoms with E-state index in [0.717, 1.165) is 11.3 Å². The Morgan fingerprint density at radius 2 is 1.19 bits per heavy atom. The summed E-state index contributed by atoms with van der Waals surface area (Å²) in [4.78, 5) is 53.8. The molecule has 2 aliphatic rings. The number of halogens is 3. The molecule has 2 amide bonds. The van der Waals surface area contributed by atoms with Gasteiger partial charge in [0.15, 0.2) is 10.8 Å². The minimum absolute atomic E-state index is 0.0392. The number of amides is 2. The van der Waals surface area contributed by atoms with Crippen molar-refractivity contribution in [3.05, 3.63) is 243 Å². The summed E-state index contributed by atoms with van der Waals surface area (Å²) in [5.74, 6) is -2.67. The van der Waals surface area contributed by atoms with Gasteiger partial charge >= 0.3 is 12.1 Å². The Bertz CT molecular complexity index is 3050. The molecule has 1 saturated heterocycles. The monoisotopic (exact) mass is 1020 g/mol. The minimum Gasteiger partial charge on any atom is -0.379 e. The lowest BCUT2D eigenvalue weighted by Crippen LogP contribution is -2.71. The number of aromatic nitrogens is 3. The fourth-order valence-corrected chi connectivity index (χ4v) is 11.0. The number of rotatable bonds is 16. The molecule has 8 aromatic rings. The summed E-state index contributed by atoms with van der Waals surface area (Å²) in [7, 11) is 0. The molecular formula is C54H40F3N7O5S3. The number of carbonyl (C=O) groups is 3. The zero-order chi connectivity index (χ0) is 49.7. The summed E-state index contributed by atoms with van der Waals surface area (Å²) in [6, 6.07) is 52.8. The van der Waals surface area contributed by atoms with E-state index in [-0.39, 0.29) is 10.8 Å². The lowest BCUT2D eigenvalue weighted by atomic mass is 9.77. The highest BCUT2D eigenvalue weighted by molar-refractivity contribution is 7.96. The second-order valence-corrected chi connectivity index (χ2v) is 19.3. The number of benzene rings is 6. The van der Waals surface area contributed by atoms with Gasteiger partial charge in [0.2, 0.25) is 9.94 Å². The lowest BCUT2D eigenvalue weighted by molar-refractivity contribution is -0.154. The number of carbonyl (C=O) groups excluding carboxylic acids is 3. The molecule has 0 bridgehead atoms. The van der Waals surface area contributed by atoms with E-state index in [1.54, 1.807) is 78.9 Å². The van der Waals surface area contributed by atoms with E-state index in [0.29, 0.717) is 73.9 Å². The second kappa shape index (κ2) is 20.4. The molecule has 12 nitrogen and oxygen atoms in total. The van der Waals surface area contributed by atoms with Gasteiger partial charge in [-0.1, -0.05) is 216 Å². The average Bonchev–Trinajstić information content (AvgIpc) is 4.12. The quantitative estimate of drug-likeness (QED) is 0.0315. The molecule has 2 N–H and O–H groups in total. The third kappa shape index (κ3) is 9.15. The average molecular weight is 1020 g/mol. The first-order valence-electron chi connectivity index (χ1n) is 22.5. The first-order chi connectivity index (χ1) is 35.1. The molecule has 0 radical (unpaired) electrons. The second-order valence-electron chi connectivity index (χ2n) is 16.5. The fraction of sp³-hybridized carbons (Fsp3) is 0.130. The summed E-state index contributed by atoms with van der Waals surface area (Å²) < 4.78 is 53.3. The van der Waals surface area contributed by atoms with Crippen LogP contribution in [0.3, 0.4) is 0 Å². The van der Waals surface area contributed by atoms with Crippen LogP contribution in [0, 0.1) is 0 Å². The maximum atomic E-state index is 15.8. The van der Waals surface area contributed by atoms with E-state index in [9.17, 15) is 9.59 Å². The molecule has 2 aromatic heterocycles. The number of allylic oxidation sites excluding steroid dienone is 1. The highest BCUT2D eigenvalue weighted by Gasteiger charge is 2.53. The predicted octanol–water partition coefficient (Wildman–Crippen LogP) is 10.8. The van der Waals surface area contributed by atoms with Gasteiger partial charge in [0.1, 0.15) is 45.4 Å². The van der Waals surface area contributed by atoms with Gasteiger partial charge < -0.3 is 19.7 Å². The van der Waals surface area contributed by atoms with Crippen molar-refractivity contribution in [1.29, 1.82) is 0 Å². The molecule has 2 unspecified atom stereocenters. The summed E-state index contributed by atoms with van der Waals surface area (Å²) in [6.45, 7) is 0. The van der Waals surface area contributed by atoms with E-state index >= 15 is 18.0 Å². The molecule has 2 aliphatic heterocycles. The Morgan fingerprint density at radius 1 is 0.708 bits per heavy atom. The molecule has 0 spiro atoms. The summed E-state index contributed by atoms with van der Waals surface area (Å²) in [6.07, 6.45) is -2.88. The van der Waals surface area contributed by atoms with Crippen molar-refractivity contribution in [2.45, 2.75) is 46.6 Å². The summed E-state index contributed by atoms with van der Waals surface area (Å²) >= 11 is 2.15. The number of hydrogen-bond donors (Lipinski definition) is 2. The highest BCUT2D eigenvalue weighted by Crippen LogP contribution is 2.46. The van der Waals surface area contributed by atoms with Crippen LogP contribution in [-0.2, 0) is 40.7 Å². The predicted molar refractivity (Wildman–Crippen MR) is 269 cm³/mol. The summed E-state index contributed by atoms with van der Waals surface area (Å²) in [5.41, 5.74) is 0.489. The molecule has 0 aliphatic carbocycles. The van der Waals surface area contributed by atoms with E-state index < -0.39 is 63.5 Å². The molecule has 2 atom stereocenters. The largest absolute Gasteiger partial charge is 0.427 e. The van der Waals surface area contributed by atoms with Crippen LogP contribution < -0.4 is 10.6 Å². The van der Waals surface area contributed by atoms with E-state index in [1.807, 2.05) is 109 Å². The number of nitrogens with zero attached hydrogens (tertiary/aromatic N) is 5. The number of anilines is 1. The molecular weight excluding hydrogens is 980 g/mol. The Balaban J connectivity index is 1.11. The van der Waals surface area contributed by atoms with Gasteiger partial charge in [-0.2, -0.15) is 13.2 Å². The van der Waals surface area contributed by atoms with Crippen molar-refractivity contribution in [3.8, 4) is 0 Å². The molecule has 4 heterocycles. The van der Waals surface area contributed by atoms with Gasteiger partial charge in [0.25, 0.3) is 11.8 Å². The van der Waals surface area contributed by atoms with Crippen LogP contribution in [0.5, 0.6) is 0 Å². The Morgan fingerprint density at radius 3 is 1.65 bits per heavy atom. The van der Waals surface area contributed by atoms with Crippen molar-refractivity contribution >= 4 is 63.3 Å². The number of thiazole rings is 1. The van der Waals surface area contributed by atoms with Crippen molar-refractivity contribution in [1.82, 2.24) is 25.4 Å². The zero-order valence-electron chi connectivity index (χ0n) is 37.7. The number of nitrogens with one attached hydrogen (secondary N) is 2. The van der Waals surface area contributed by atoms with Crippen molar-refractivity contribution in [2.75, 3.05) is 5.32 Å². The number of oxime groups is 1. The van der Waals surface area contributed by atoms with E-state index in [1.165, 1.54) is 10.4 Å². The topological polar surface area (TPSA) is 148 Å². The molecule has 10 rings (SSSR count). The van der Waals surface area contributed by atoms with E-state index in [4.69, 9.17) is 9.02 Å². The Hall–Kier alpha value is -7.93. The Kier molecular flexibility index (Phi) is 13.5. The maximum absolute atomic E-state index is 15.8. The van der Waals surface area contributed by atoms with Crippen LogP contribution in [-0.4, -0.2) is 55.7 Å². The first-order valence-corrected chi connectivity index (χ1v) is 25.0. The zero-order valence-corrected chi connectivity index (χ0v) is 40.1. The standard InChI is InChI=1S/C54H40F3N7O5S3/c55-54(56,57)46-44(60-50(71-46)61-52(35-20-7-1-8-21-35,36-22-9-2-10-23-36)37-24-11-3-12-25-37)45(47(65)59-43-41-32-19-33-42(64(41)48(43)66)49(67)68-72-51-62-58-34-70-51)63-69-53(38-26-13-4-14-27-38,39-28-15-5-16-29-39)40-30-17-6-18-31-40/h1-18,20-31,33-34,41,43H,19,32H2,(H,59,65)(H,60,61). The smallest absolute Gasteiger partial charge is 0.379 e. The van der Waals surface area contributed by atoms with Crippen molar-refractivity contribution in [2.24, 2.45) is 5.16 Å². The minimum atomic E-state index is -5.09. The van der Waals surface area contributed by atoms with Crippen LogP contribution in [0.1, 0.15) is 56.8 Å². The van der Waals surface area contributed by atoms with Gasteiger partial charge in [-0.3, -0.25) is 14.5 Å². The molecule has 0 saturated carbocycles. The first kappa shape index (κ1) is 47.7. The number of hydrogen-bond acceptors (Lipinski definition) is 13. The fourth-order valence-electron chi connectivity index (χ4n) is 9.14. The van der Waals surface area contributed by atoms with E-state index in [2.05, 4.69) is 31.0 Å². The van der Waals surface area contributed by atoms with Gasteiger partial charge in [0.05, 0.1) is 6.04 Å². The molecule has 360 valence electrons. The van der Waals surface area contributed by atoms with Crippen LogP contribution in [0.4, 0.5) is 18.3 Å². The van der Waals surface area contributed by atoms with Gasteiger partial charge in [-0.15, -0.1) is 10.2 Å². The molecule has 1 fully saturated rings. The van der Waals surface area contributed by atoms with Crippen molar-refractivity contribution in [3.63, 3.8) is 0 Å². The number of fused-ring (bicyclic) bond motifs is 1. The Labute approximate surface area is 423 Å². The van der Waals surface area contributed by atoms with Gasteiger partial charge in [0, 0.05) is 16.7 Å². The van der Waals surface area contributed by atoms with Crippen molar-refractivity contribution < 1.29 is 36.6 Å². The van der Waals surface area contributed by atoms with Crippen LogP contribution >= 0.6 is 34.7 Å². The third-order valence-corrected chi connectivity index (χ3v) is 14.8. The van der Waals surface area contributed by atoms with Crippen LogP contribution in [0.2, 0.25) is 0 Å². The number of β-lactam (4-membered cyclic amide) rings is 1. The molecule has 18 heteroatoms. The third-order valence-electron chi connectivity index (χ3n) is 12.4. The maximum Gasteiger partial charge on any atom is 0.427 e. The lowest BCUT2D eigenvalue weighted by Gasteiger charge is -2.49. The van der Waals surface area contributed by atoms with Gasteiger partial charge in [-0.05, 0) is 29.5 Å². The highest BCUT2D eigenvalue weighted by atomic mass is 32.2. The van der Waals surface area contributed by atoms with Gasteiger partial charge in [-0.25, -0.2) is 9.78 Å². The number of alkyl halides is 3. The SMILES string of the molecule is O=C(NC1C(=O)N2C(C(=O)OSc3nncs3)=CCCC12)C(=NOC(c1ccccc1)(c1ccccc1)c1ccccc1)c1nc(NC(c2ccccc2)(c2ccccc2)c2ccccc2)sc1C(F)(F)F. The summed E-state index contributed by atoms with van der Waals surface area (Å²) in [5, 5.41) is 18.0. The molecule has 72 heavy (non-hydrogen) atoms. The molecule has 6 aromatic carbocycles. The van der Waals surface area contributed by atoms with Crippen LogP contribution in [0.25, 0.3) is 0 Å². The normalized spacial score (nSPS) is 15.9. The van der Waals surface area contributed by atoms with Crippen LogP contribution in [0.15, 0.2) is 209 Å².